The molecule has 0 bridgehead atoms. The van der Waals surface area contributed by atoms with E-state index in [4.69, 9.17) is 2.74 Å². The van der Waals surface area contributed by atoms with Gasteiger partial charge >= 0.3 is 0 Å². The Balaban J connectivity index is 2.08. The highest BCUT2D eigenvalue weighted by atomic mass is 32.1. The fourth-order valence-corrected chi connectivity index (χ4v) is 3.45. The van der Waals surface area contributed by atoms with E-state index in [-0.39, 0.29) is 0 Å². The van der Waals surface area contributed by atoms with Crippen LogP contribution in [0.15, 0.2) is 29.6 Å². The summed E-state index contributed by atoms with van der Waals surface area (Å²) in [4.78, 5) is 3.59. The lowest BCUT2D eigenvalue weighted by Gasteiger charge is -2.31. The van der Waals surface area contributed by atoms with E-state index in [9.17, 15) is 0 Å². The summed E-state index contributed by atoms with van der Waals surface area (Å²) in [5, 5.41) is 5.34. The normalized spacial score (nSPS) is 17.5. The van der Waals surface area contributed by atoms with E-state index in [0.717, 1.165) is 42.9 Å². The van der Waals surface area contributed by atoms with Crippen molar-refractivity contribution >= 4 is 17.0 Å². The van der Waals surface area contributed by atoms with Crippen molar-refractivity contribution in [1.29, 1.82) is 0 Å². The quantitative estimate of drug-likeness (QED) is 0.902. The smallest absolute Gasteiger partial charge is 0.0447 e. The summed E-state index contributed by atoms with van der Waals surface area (Å²) in [6.45, 7) is 5.16. The number of rotatable bonds is 2. The average molecular weight is 274 g/mol. The fourth-order valence-electron chi connectivity index (χ4n) is 2.68. The zero-order chi connectivity index (χ0) is 14.8. The van der Waals surface area contributed by atoms with Crippen molar-refractivity contribution in [2.75, 3.05) is 31.1 Å². The summed E-state index contributed by atoms with van der Waals surface area (Å²) in [5.41, 5.74) is 4.30. The highest BCUT2D eigenvalue weighted by Crippen LogP contribution is 2.37. The van der Waals surface area contributed by atoms with Gasteiger partial charge in [0.05, 0.1) is 0 Å². The number of hydrogen-bond acceptors (Lipinski definition) is 3. The monoisotopic (exact) mass is 274 g/mol. The van der Waals surface area contributed by atoms with Crippen LogP contribution < -0.4 is 10.2 Å². The van der Waals surface area contributed by atoms with Crippen LogP contribution in [-0.4, -0.2) is 26.2 Å². The van der Waals surface area contributed by atoms with Crippen LogP contribution in [0, 0.1) is 13.8 Å². The molecule has 1 N–H and O–H groups in total. The Morgan fingerprint density at radius 1 is 1.26 bits per heavy atom. The fraction of sp³-hybridized carbons (Fsp3) is 0.375. The zero-order valence-electron chi connectivity index (χ0n) is 13.1. The predicted octanol–water partition coefficient (Wildman–Crippen LogP) is 3.44. The van der Waals surface area contributed by atoms with E-state index >= 15 is 0 Å². The molecule has 0 radical (unpaired) electrons. The van der Waals surface area contributed by atoms with Crippen LogP contribution in [0.25, 0.3) is 11.1 Å². The third kappa shape index (κ3) is 2.40. The molecular formula is C16H20N2S. The van der Waals surface area contributed by atoms with Gasteiger partial charge in [0.1, 0.15) is 0 Å². The number of aryl methyl sites for hydroxylation is 2. The van der Waals surface area contributed by atoms with Crippen LogP contribution in [0.5, 0.6) is 0 Å². The summed E-state index contributed by atoms with van der Waals surface area (Å²) in [6, 6.07) is 8.40. The van der Waals surface area contributed by atoms with E-state index in [0.29, 0.717) is 0 Å². The third-order valence-corrected chi connectivity index (χ3v) is 4.56. The summed E-state index contributed by atoms with van der Waals surface area (Å²) < 4.78 is 15.6. The molecule has 0 unspecified atom stereocenters. The second kappa shape index (κ2) is 5.35. The molecule has 1 aliphatic heterocycles. The zero-order valence-corrected chi connectivity index (χ0v) is 12.0. The minimum atomic E-state index is -0.930. The lowest BCUT2D eigenvalue weighted by Crippen LogP contribution is -2.43. The number of nitrogens with one attached hydrogen (secondary N) is 1. The predicted molar refractivity (Wildman–Crippen MR) is 84.3 cm³/mol. The van der Waals surface area contributed by atoms with Gasteiger partial charge in [-0.15, -0.1) is 11.3 Å². The summed E-state index contributed by atoms with van der Waals surface area (Å²) in [7, 11) is 0. The van der Waals surface area contributed by atoms with Gasteiger partial charge in [-0.2, -0.15) is 0 Å². The van der Waals surface area contributed by atoms with Crippen molar-refractivity contribution in [2.24, 2.45) is 0 Å². The number of benzene rings is 1. The maximum absolute atomic E-state index is 7.79. The van der Waals surface area contributed by atoms with Gasteiger partial charge in [0.25, 0.3) is 0 Å². The van der Waals surface area contributed by atoms with Crippen LogP contribution in [0.1, 0.15) is 13.2 Å². The van der Waals surface area contributed by atoms with Gasteiger partial charge in [-0.05, 0) is 30.8 Å². The first kappa shape index (κ1) is 10.5. The second-order valence-electron chi connectivity index (χ2n) is 4.88. The molecule has 2 nitrogen and oxygen atoms in total. The highest BCUT2D eigenvalue weighted by molar-refractivity contribution is 7.10. The van der Waals surface area contributed by atoms with E-state index in [1.54, 1.807) is 11.3 Å². The molecule has 2 aromatic rings. The first-order chi connectivity index (χ1) is 10.2. The molecular weight excluding hydrogens is 252 g/mol. The molecule has 1 aliphatic rings. The largest absolute Gasteiger partial charge is 0.368 e. The molecule has 0 atom stereocenters. The lowest BCUT2D eigenvalue weighted by molar-refractivity contribution is 0.589. The van der Waals surface area contributed by atoms with Crippen molar-refractivity contribution in [3.63, 3.8) is 0 Å². The van der Waals surface area contributed by atoms with Gasteiger partial charge in [-0.25, -0.2) is 0 Å². The molecule has 1 aromatic carbocycles. The molecule has 0 saturated carbocycles. The van der Waals surface area contributed by atoms with Crippen LogP contribution in [0.4, 0.5) is 5.69 Å². The van der Waals surface area contributed by atoms with E-state index in [1.807, 2.05) is 11.4 Å². The Labute approximate surface area is 121 Å². The highest BCUT2D eigenvalue weighted by Gasteiger charge is 2.17. The first-order valence-corrected chi connectivity index (χ1v) is 7.54. The van der Waals surface area contributed by atoms with E-state index in [1.165, 1.54) is 10.6 Å². The second-order valence-corrected chi connectivity index (χ2v) is 5.96. The molecule has 100 valence electrons. The Kier molecular flexibility index (Phi) is 2.95. The van der Waals surface area contributed by atoms with Gasteiger partial charge in [0.2, 0.25) is 0 Å². The SMILES string of the molecule is [2H]C([2H])c1csc(C)c1-c1ccccc1N1CCNCC1. The van der Waals surface area contributed by atoms with Gasteiger partial charge < -0.3 is 10.2 Å². The molecule has 0 aliphatic carbocycles. The molecule has 1 fully saturated rings. The van der Waals surface area contributed by atoms with Crippen molar-refractivity contribution in [3.05, 3.63) is 40.1 Å². The maximum Gasteiger partial charge on any atom is 0.0447 e. The summed E-state index contributed by atoms with van der Waals surface area (Å²) in [6.07, 6.45) is 0. The number of hydrogen-bond donors (Lipinski definition) is 1. The summed E-state index contributed by atoms with van der Waals surface area (Å²) >= 11 is 1.64. The van der Waals surface area contributed by atoms with Crippen LogP contribution in [0.3, 0.4) is 0 Å². The molecule has 1 saturated heterocycles. The molecule has 3 heteroatoms. The topological polar surface area (TPSA) is 15.3 Å². The van der Waals surface area contributed by atoms with Crippen molar-refractivity contribution < 1.29 is 2.74 Å². The van der Waals surface area contributed by atoms with Crippen molar-refractivity contribution in [3.8, 4) is 11.1 Å². The van der Waals surface area contributed by atoms with Crippen molar-refractivity contribution in [1.82, 2.24) is 5.32 Å². The number of nitrogens with zero attached hydrogens (tertiary/aromatic N) is 1. The minimum Gasteiger partial charge on any atom is -0.368 e. The van der Waals surface area contributed by atoms with Gasteiger partial charge in [0, 0.05) is 50.6 Å². The standard InChI is InChI=1S/C16H20N2S/c1-12-11-19-13(2)16(12)14-5-3-4-6-15(14)18-9-7-17-8-10-18/h3-6,11,17H,7-10H2,1-2H3/i1D2. The Bertz CT molecular complexity index is 618. The van der Waals surface area contributed by atoms with Gasteiger partial charge in [-0.3, -0.25) is 0 Å². The van der Waals surface area contributed by atoms with Crippen LogP contribution in [-0.2, 0) is 0 Å². The lowest BCUT2D eigenvalue weighted by atomic mass is 10.00. The van der Waals surface area contributed by atoms with Gasteiger partial charge in [-0.1, -0.05) is 18.2 Å². The molecule has 2 heterocycles. The number of para-hydroxylation sites is 1. The number of anilines is 1. The number of thiophene rings is 1. The van der Waals surface area contributed by atoms with Crippen molar-refractivity contribution in [2.45, 2.75) is 13.8 Å². The number of piperazine rings is 1. The minimum absolute atomic E-state index is 0.820. The molecule has 19 heavy (non-hydrogen) atoms. The molecule has 3 rings (SSSR count). The summed E-state index contributed by atoms with van der Waals surface area (Å²) in [5.74, 6) is 0. The van der Waals surface area contributed by atoms with E-state index in [2.05, 4.69) is 35.3 Å². The molecule has 0 spiro atoms. The Morgan fingerprint density at radius 3 is 2.84 bits per heavy atom. The average Bonchev–Trinajstić information content (AvgIpc) is 2.90. The van der Waals surface area contributed by atoms with Gasteiger partial charge in [0.15, 0.2) is 0 Å². The van der Waals surface area contributed by atoms with E-state index < -0.39 is 6.88 Å². The molecule has 0 amide bonds. The van der Waals surface area contributed by atoms with Crippen LogP contribution >= 0.6 is 11.3 Å². The van der Waals surface area contributed by atoms with Crippen LogP contribution in [0.2, 0.25) is 0 Å². The molecule has 1 aromatic heterocycles. The Hall–Kier alpha value is -1.32. The first-order valence-electron chi connectivity index (χ1n) is 7.81. The Morgan fingerprint density at radius 2 is 2.05 bits per heavy atom. The maximum atomic E-state index is 7.79. The third-order valence-electron chi connectivity index (χ3n) is 3.63.